The van der Waals surface area contributed by atoms with Crippen LogP contribution in [-0.2, 0) is 23.9 Å². The lowest BCUT2D eigenvalue weighted by Crippen LogP contribution is -2.25. The molecule has 30 heavy (non-hydrogen) atoms. The van der Waals surface area contributed by atoms with Gasteiger partial charge in [-0.3, -0.25) is 14.5 Å². The zero-order chi connectivity index (χ0) is 21.6. The van der Waals surface area contributed by atoms with Crippen molar-refractivity contribution < 1.29 is 18.0 Å². The normalized spacial score (nSPS) is 14.4. The number of hydrogen-bond acceptors (Lipinski definition) is 6. The molecule has 13 heteroatoms. The van der Waals surface area contributed by atoms with Crippen molar-refractivity contribution in [2.75, 3.05) is 0 Å². The predicted molar refractivity (Wildman–Crippen MR) is 101 cm³/mol. The number of carbonyl (C=O) groups excluding carboxylic acids is 1. The number of nitrogens with zero attached hydrogens (tertiary/aromatic N) is 6. The first-order valence-corrected chi connectivity index (χ1v) is 9.78. The molecule has 9 nitrogen and oxygen atoms in total. The third-order valence-corrected chi connectivity index (χ3v) is 5.33. The van der Waals surface area contributed by atoms with Gasteiger partial charge in [0, 0.05) is 23.9 Å². The molecule has 0 unspecified atom stereocenters. The van der Waals surface area contributed by atoms with Crippen LogP contribution in [0.25, 0.3) is 5.78 Å². The van der Waals surface area contributed by atoms with Crippen molar-refractivity contribution in [1.29, 1.82) is 0 Å². The second-order valence-corrected chi connectivity index (χ2v) is 7.62. The summed E-state index contributed by atoms with van der Waals surface area (Å²) in [6, 6.07) is 0.343. The molecule has 0 aliphatic heterocycles. The van der Waals surface area contributed by atoms with Crippen molar-refractivity contribution in [3.05, 3.63) is 33.4 Å². The molecule has 2 N–H and O–H groups in total. The molecular formula is C17H19F3N8OS. The van der Waals surface area contributed by atoms with E-state index in [2.05, 4.69) is 30.6 Å². The Hall–Kier alpha value is -2.83. The van der Waals surface area contributed by atoms with Gasteiger partial charge in [0.1, 0.15) is 0 Å². The molecule has 3 aromatic rings. The minimum Gasteiger partial charge on any atom is -0.349 e. The molecule has 0 atom stereocenters. The summed E-state index contributed by atoms with van der Waals surface area (Å²) in [5.41, 5.74) is 1.66. The van der Waals surface area contributed by atoms with E-state index in [1.807, 2.05) is 4.57 Å². The Morgan fingerprint density at radius 1 is 1.30 bits per heavy atom. The van der Waals surface area contributed by atoms with Crippen LogP contribution in [0.5, 0.6) is 0 Å². The highest BCUT2D eigenvalue weighted by atomic mass is 32.1. The van der Waals surface area contributed by atoms with E-state index in [-0.39, 0.29) is 24.7 Å². The van der Waals surface area contributed by atoms with E-state index in [0.29, 0.717) is 40.0 Å². The summed E-state index contributed by atoms with van der Waals surface area (Å²) in [5.74, 6) is -0.891. The lowest BCUT2D eigenvalue weighted by atomic mass is 10.1. The van der Waals surface area contributed by atoms with Gasteiger partial charge in [-0.05, 0) is 50.9 Å². The third kappa shape index (κ3) is 3.93. The molecule has 3 heterocycles. The number of aryl methyl sites for hydroxylation is 2. The summed E-state index contributed by atoms with van der Waals surface area (Å²) in [6.07, 6.45) is -2.11. The molecular weight excluding hydrogens is 421 g/mol. The average Bonchev–Trinajstić information content (AvgIpc) is 3.28. The Bertz CT molecular complexity index is 1170. The first-order valence-electron chi connectivity index (χ1n) is 9.37. The van der Waals surface area contributed by atoms with Gasteiger partial charge in [-0.15, -0.1) is 5.10 Å². The zero-order valence-electron chi connectivity index (χ0n) is 16.2. The smallest absolute Gasteiger partial charge is 0.349 e. The van der Waals surface area contributed by atoms with Crippen LogP contribution in [0, 0.1) is 18.6 Å². The van der Waals surface area contributed by atoms with Crippen molar-refractivity contribution in [3.8, 4) is 0 Å². The Morgan fingerprint density at radius 2 is 2.03 bits per heavy atom. The van der Waals surface area contributed by atoms with Gasteiger partial charge in [-0.25, -0.2) is 9.50 Å². The fourth-order valence-corrected chi connectivity index (χ4v) is 3.67. The maximum Gasteiger partial charge on any atom is 0.453 e. The Morgan fingerprint density at radius 3 is 2.70 bits per heavy atom. The summed E-state index contributed by atoms with van der Waals surface area (Å²) in [7, 11) is 0. The Kier molecular flexibility index (Phi) is 5.08. The van der Waals surface area contributed by atoms with Gasteiger partial charge in [-0.1, -0.05) is 0 Å². The number of aromatic nitrogens is 7. The van der Waals surface area contributed by atoms with Crippen molar-refractivity contribution in [2.24, 2.45) is 0 Å². The van der Waals surface area contributed by atoms with E-state index in [1.54, 1.807) is 13.8 Å². The second-order valence-electron chi connectivity index (χ2n) is 7.23. The van der Waals surface area contributed by atoms with Gasteiger partial charge in [0.25, 0.3) is 11.6 Å². The molecule has 1 aliphatic carbocycles. The summed E-state index contributed by atoms with van der Waals surface area (Å²) in [4.78, 5) is 19.9. The maximum atomic E-state index is 12.9. The Labute approximate surface area is 173 Å². The fraction of sp³-hybridized carbons (Fsp3) is 0.529. The van der Waals surface area contributed by atoms with E-state index < -0.39 is 12.0 Å². The van der Waals surface area contributed by atoms with Crippen LogP contribution < -0.4 is 5.32 Å². The number of H-pyrrole nitrogens is 1. The molecule has 0 saturated heterocycles. The summed E-state index contributed by atoms with van der Waals surface area (Å²) >= 11 is 5.22. The lowest BCUT2D eigenvalue weighted by Gasteiger charge is -2.11. The summed E-state index contributed by atoms with van der Waals surface area (Å²) < 4.78 is 42.2. The Balaban J connectivity index is 1.44. The minimum absolute atomic E-state index is 0.117. The first kappa shape index (κ1) is 20.4. The molecule has 0 spiro atoms. The molecule has 0 aromatic carbocycles. The lowest BCUT2D eigenvalue weighted by molar-refractivity contribution is -0.144. The highest BCUT2D eigenvalue weighted by molar-refractivity contribution is 7.71. The van der Waals surface area contributed by atoms with Gasteiger partial charge in [0.15, 0.2) is 10.6 Å². The van der Waals surface area contributed by atoms with Crippen molar-refractivity contribution >= 4 is 23.9 Å². The maximum absolute atomic E-state index is 12.9. The second kappa shape index (κ2) is 7.45. The molecule has 0 radical (unpaired) electrons. The molecule has 160 valence electrons. The summed E-state index contributed by atoms with van der Waals surface area (Å²) in [5, 5.41) is 13.2. The van der Waals surface area contributed by atoms with Crippen molar-refractivity contribution in [1.82, 2.24) is 39.7 Å². The average molecular weight is 440 g/mol. The van der Waals surface area contributed by atoms with E-state index in [4.69, 9.17) is 12.2 Å². The van der Waals surface area contributed by atoms with E-state index in [0.717, 1.165) is 17.4 Å². The van der Waals surface area contributed by atoms with Crippen molar-refractivity contribution in [3.63, 3.8) is 0 Å². The van der Waals surface area contributed by atoms with Gasteiger partial charge in [0.05, 0.1) is 6.54 Å². The largest absolute Gasteiger partial charge is 0.453 e. The van der Waals surface area contributed by atoms with Gasteiger partial charge >= 0.3 is 6.18 Å². The highest BCUT2D eigenvalue weighted by Crippen LogP contribution is 2.35. The number of nitrogens with one attached hydrogen (secondary N) is 2. The van der Waals surface area contributed by atoms with Crippen LogP contribution in [0.4, 0.5) is 13.2 Å². The van der Waals surface area contributed by atoms with E-state index in [9.17, 15) is 18.0 Å². The first-order chi connectivity index (χ1) is 14.1. The number of aromatic amines is 1. The van der Waals surface area contributed by atoms with Crippen LogP contribution in [0.15, 0.2) is 0 Å². The molecule has 4 rings (SSSR count). The number of hydrogen-bond donors (Lipinski definition) is 2. The molecule has 0 bridgehead atoms. The molecule has 3 aromatic heterocycles. The summed E-state index contributed by atoms with van der Waals surface area (Å²) in [6.45, 7) is 3.56. The zero-order valence-corrected chi connectivity index (χ0v) is 17.1. The van der Waals surface area contributed by atoms with Gasteiger partial charge < -0.3 is 5.32 Å². The fourth-order valence-electron chi connectivity index (χ4n) is 3.37. The molecule has 1 saturated carbocycles. The van der Waals surface area contributed by atoms with E-state index in [1.165, 1.54) is 0 Å². The van der Waals surface area contributed by atoms with E-state index >= 15 is 0 Å². The predicted octanol–water partition coefficient (Wildman–Crippen LogP) is 2.60. The number of alkyl halides is 3. The van der Waals surface area contributed by atoms with Crippen LogP contribution in [-0.4, -0.2) is 40.3 Å². The number of amides is 1. The monoisotopic (exact) mass is 440 g/mol. The molecule has 1 amide bonds. The minimum atomic E-state index is -4.65. The van der Waals surface area contributed by atoms with Crippen LogP contribution >= 0.6 is 12.2 Å². The quantitative estimate of drug-likeness (QED) is 0.571. The number of fused-ring (bicyclic) bond motifs is 1. The number of carbonyl (C=O) groups is 1. The third-order valence-electron chi connectivity index (χ3n) is 5.04. The number of rotatable bonds is 6. The van der Waals surface area contributed by atoms with Gasteiger partial charge in [-0.2, -0.15) is 23.3 Å². The highest BCUT2D eigenvalue weighted by Gasteiger charge is 2.37. The topological polar surface area (TPSA) is 106 Å². The van der Waals surface area contributed by atoms with Gasteiger partial charge in [0.2, 0.25) is 5.91 Å². The van der Waals surface area contributed by atoms with Crippen molar-refractivity contribution in [2.45, 2.75) is 58.3 Å². The van der Waals surface area contributed by atoms with Crippen LogP contribution in [0.1, 0.15) is 53.9 Å². The number of halogens is 3. The van der Waals surface area contributed by atoms with Crippen LogP contribution in [0.3, 0.4) is 0 Å². The van der Waals surface area contributed by atoms with Crippen LogP contribution in [0.2, 0.25) is 0 Å². The standard InChI is InChI=1S/C17H19F3N8OS/c1-8-11(9(2)28-15(22-8)23-14(26-28)17(18,19)20)5-6-13(29)21-7-12-24-25-16(30)27(12)10-3-4-10/h10H,3-7H2,1-2H3,(H,21,29)(H,25,30). The molecule has 1 fully saturated rings. The SMILES string of the molecule is Cc1nc2nc(C(F)(F)F)nn2c(C)c1CCC(=O)NCc1n[nH]c(=S)n1C1CC1. The molecule has 1 aliphatic rings.